The van der Waals surface area contributed by atoms with Gasteiger partial charge in [-0.15, -0.1) is 0 Å². The van der Waals surface area contributed by atoms with Crippen LogP contribution < -0.4 is 0 Å². The van der Waals surface area contributed by atoms with E-state index in [9.17, 15) is 0 Å². The zero-order valence-corrected chi connectivity index (χ0v) is 11.8. The number of hydrogen-bond donors (Lipinski definition) is 0. The third-order valence-electron chi connectivity index (χ3n) is 4.02. The Kier molecular flexibility index (Phi) is 3.30. The summed E-state index contributed by atoms with van der Waals surface area (Å²) in [5.74, 6) is 0.626. The molecule has 0 radical (unpaired) electrons. The van der Waals surface area contributed by atoms with Crippen LogP contribution in [0, 0.1) is 0 Å². The second-order valence-corrected chi connectivity index (χ2v) is 6.20. The third-order valence-corrected chi connectivity index (χ3v) is 4.02. The first-order valence-electron chi connectivity index (χ1n) is 6.66. The molecule has 2 rings (SSSR count). The molecule has 0 spiro atoms. The molecule has 0 saturated carbocycles. The van der Waals surface area contributed by atoms with Gasteiger partial charge < -0.3 is 0 Å². The van der Waals surface area contributed by atoms with Gasteiger partial charge in [-0.05, 0) is 53.1 Å². The molecule has 3 nitrogen and oxygen atoms in total. The van der Waals surface area contributed by atoms with E-state index in [2.05, 4.69) is 50.0 Å². The first-order chi connectivity index (χ1) is 7.90. The summed E-state index contributed by atoms with van der Waals surface area (Å²) >= 11 is 0. The normalized spacial score (nSPS) is 25.4. The number of hydrogen-bond acceptors (Lipinski definition) is 2. The molecule has 2 heterocycles. The molecular formula is C14H25N3. The van der Waals surface area contributed by atoms with Gasteiger partial charge in [0.2, 0.25) is 0 Å². The van der Waals surface area contributed by atoms with Crippen LogP contribution in [0.25, 0.3) is 0 Å². The molecule has 1 unspecified atom stereocenters. The second-order valence-electron chi connectivity index (χ2n) is 6.20. The van der Waals surface area contributed by atoms with Crippen LogP contribution >= 0.6 is 0 Å². The maximum absolute atomic E-state index is 4.57. The molecule has 1 atom stereocenters. The molecule has 1 fully saturated rings. The number of rotatable bonds is 2. The molecule has 96 valence electrons. The fraction of sp³-hybridized carbons (Fsp3) is 0.786. The Labute approximate surface area is 105 Å². The summed E-state index contributed by atoms with van der Waals surface area (Å²) in [5, 5.41) is 4.57. The third kappa shape index (κ3) is 2.54. The van der Waals surface area contributed by atoms with E-state index in [-0.39, 0.29) is 5.54 Å². The first kappa shape index (κ1) is 12.6. The van der Waals surface area contributed by atoms with Gasteiger partial charge in [-0.1, -0.05) is 0 Å². The van der Waals surface area contributed by atoms with Gasteiger partial charge in [-0.2, -0.15) is 5.10 Å². The van der Waals surface area contributed by atoms with Crippen LogP contribution in [0.2, 0.25) is 0 Å². The van der Waals surface area contributed by atoms with Crippen molar-refractivity contribution in [3.05, 3.63) is 18.0 Å². The van der Waals surface area contributed by atoms with Crippen LogP contribution in [0.4, 0.5) is 0 Å². The van der Waals surface area contributed by atoms with E-state index in [1.165, 1.54) is 25.1 Å². The summed E-state index contributed by atoms with van der Waals surface area (Å²) in [6.45, 7) is 10.5. The Morgan fingerprint density at radius 1 is 1.41 bits per heavy atom. The Morgan fingerprint density at radius 3 is 2.59 bits per heavy atom. The van der Waals surface area contributed by atoms with Crippen molar-refractivity contribution in [3.8, 4) is 0 Å². The van der Waals surface area contributed by atoms with E-state index in [4.69, 9.17) is 0 Å². The SMILES string of the molecule is CC(C)N1CCC(c2ccn(C)n2)CC1(C)C. The van der Waals surface area contributed by atoms with Crippen molar-refractivity contribution in [2.45, 2.75) is 58.0 Å². The monoisotopic (exact) mass is 235 g/mol. The molecule has 1 aromatic heterocycles. The van der Waals surface area contributed by atoms with Crippen LogP contribution in [0.15, 0.2) is 12.3 Å². The zero-order chi connectivity index (χ0) is 12.6. The lowest BCUT2D eigenvalue weighted by molar-refractivity contribution is 0.0363. The molecule has 0 amide bonds. The largest absolute Gasteiger partial charge is 0.296 e. The highest BCUT2D eigenvalue weighted by Crippen LogP contribution is 2.37. The minimum absolute atomic E-state index is 0.286. The molecule has 1 aliphatic heterocycles. The summed E-state index contributed by atoms with van der Waals surface area (Å²) in [5.41, 5.74) is 1.55. The number of nitrogens with zero attached hydrogens (tertiary/aromatic N) is 3. The van der Waals surface area contributed by atoms with Gasteiger partial charge >= 0.3 is 0 Å². The van der Waals surface area contributed by atoms with Crippen molar-refractivity contribution in [1.29, 1.82) is 0 Å². The Balaban J connectivity index is 2.12. The standard InChI is InChI=1S/C14H25N3/c1-11(2)17-9-6-12(10-14(17,3)4)13-7-8-16(5)15-13/h7-8,11-12H,6,9-10H2,1-5H3. The smallest absolute Gasteiger partial charge is 0.0656 e. The lowest BCUT2D eigenvalue weighted by Crippen LogP contribution is -2.52. The van der Waals surface area contributed by atoms with Crippen LogP contribution in [0.3, 0.4) is 0 Å². The average molecular weight is 235 g/mol. The Hall–Kier alpha value is -0.830. The van der Waals surface area contributed by atoms with E-state index < -0.39 is 0 Å². The van der Waals surface area contributed by atoms with Gasteiger partial charge in [-0.3, -0.25) is 9.58 Å². The topological polar surface area (TPSA) is 21.1 Å². The fourth-order valence-electron chi connectivity index (χ4n) is 3.28. The van der Waals surface area contributed by atoms with Gasteiger partial charge in [0, 0.05) is 30.7 Å². The summed E-state index contributed by atoms with van der Waals surface area (Å²) in [4.78, 5) is 2.62. The number of aromatic nitrogens is 2. The maximum Gasteiger partial charge on any atom is 0.0656 e. The van der Waals surface area contributed by atoms with Crippen molar-refractivity contribution in [2.24, 2.45) is 7.05 Å². The molecule has 0 bridgehead atoms. The molecular weight excluding hydrogens is 210 g/mol. The van der Waals surface area contributed by atoms with Crippen LogP contribution in [0.5, 0.6) is 0 Å². The van der Waals surface area contributed by atoms with E-state index >= 15 is 0 Å². The molecule has 17 heavy (non-hydrogen) atoms. The van der Waals surface area contributed by atoms with Gasteiger partial charge in [0.25, 0.3) is 0 Å². The van der Waals surface area contributed by atoms with Crippen LogP contribution in [0.1, 0.15) is 52.1 Å². The maximum atomic E-state index is 4.57. The van der Waals surface area contributed by atoms with E-state index in [0.717, 1.165) is 0 Å². The van der Waals surface area contributed by atoms with Crippen LogP contribution in [-0.4, -0.2) is 32.8 Å². The van der Waals surface area contributed by atoms with Crippen molar-refractivity contribution < 1.29 is 0 Å². The molecule has 1 aromatic rings. The summed E-state index contributed by atoms with van der Waals surface area (Å²) in [7, 11) is 2.00. The van der Waals surface area contributed by atoms with Gasteiger partial charge in [0.1, 0.15) is 0 Å². The predicted molar refractivity (Wildman–Crippen MR) is 71.1 cm³/mol. The van der Waals surface area contributed by atoms with E-state index in [1.54, 1.807) is 0 Å². The Morgan fingerprint density at radius 2 is 2.12 bits per heavy atom. The van der Waals surface area contributed by atoms with Gasteiger partial charge in [0.05, 0.1) is 5.69 Å². The van der Waals surface area contributed by atoms with Crippen LogP contribution in [-0.2, 0) is 7.05 Å². The number of likely N-dealkylation sites (tertiary alicyclic amines) is 1. The first-order valence-corrected chi connectivity index (χ1v) is 6.66. The van der Waals surface area contributed by atoms with Gasteiger partial charge in [-0.25, -0.2) is 0 Å². The molecule has 0 N–H and O–H groups in total. The summed E-state index contributed by atoms with van der Waals surface area (Å²) in [6, 6.07) is 2.81. The van der Waals surface area contributed by atoms with Crippen molar-refractivity contribution in [3.63, 3.8) is 0 Å². The Bertz CT molecular complexity index is 379. The number of aryl methyl sites for hydroxylation is 1. The predicted octanol–water partition coefficient (Wildman–Crippen LogP) is 2.79. The highest BCUT2D eigenvalue weighted by Gasteiger charge is 2.37. The minimum Gasteiger partial charge on any atom is -0.296 e. The highest BCUT2D eigenvalue weighted by molar-refractivity contribution is 5.10. The van der Waals surface area contributed by atoms with Crippen molar-refractivity contribution in [1.82, 2.24) is 14.7 Å². The van der Waals surface area contributed by atoms with E-state index in [1.807, 2.05) is 11.7 Å². The summed E-state index contributed by atoms with van der Waals surface area (Å²) in [6.07, 6.45) is 4.50. The molecule has 0 aromatic carbocycles. The molecule has 3 heteroatoms. The quantitative estimate of drug-likeness (QED) is 0.786. The number of piperidine rings is 1. The highest BCUT2D eigenvalue weighted by atomic mass is 15.3. The summed E-state index contributed by atoms with van der Waals surface area (Å²) < 4.78 is 1.91. The lowest BCUT2D eigenvalue weighted by Gasteiger charge is -2.47. The minimum atomic E-state index is 0.286. The van der Waals surface area contributed by atoms with Crippen molar-refractivity contribution >= 4 is 0 Å². The molecule has 1 aliphatic rings. The van der Waals surface area contributed by atoms with Crippen molar-refractivity contribution in [2.75, 3.05) is 6.54 Å². The lowest BCUT2D eigenvalue weighted by atomic mass is 9.80. The molecule has 0 aliphatic carbocycles. The molecule has 1 saturated heterocycles. The fourth-order valence-corrected chi connectivity index (χ4v) is 3.28. The second kappa shape index (κ2) is 4.45. The average Bonchev–Trinajstić information content (AvgIpc) is 2.62. The van der Waals surface area contributed by atoms with Gasteiger partial charge in [0.15, 0.2) is 0 Å². The van der Waals surface area contributed by atoms with E-state index in [0.29, 0.717) is 12.0 Å². The zero-order valence-electron chi connectivity index (χ0n) is 11.8.